The van der Waals surface area contributed by atoms with Crippen molar-refractivity contribution in [2.24, 2.45) is 0 Å². The number of aliphatic hydroxyl groups excluding tert-OH is 1. The molecule has 0 spiro atoms. The van der Waals surface area contributed by atoms with E-state index in [4.69, 9.17) is 4.74 Å². The molecule has 0 aliphatic carbocycles. The van der Waals surface area contributed by atoms with E-state index in [2.05, 4.69) is 6.58 Å². The summed E-state index contributed by atoms with van der Waals surface area (Å²) < 4.78 is 5.11. The van der Waals surface area contributed by atoms with E-state index in [0.717, 1.165) is 12.2 Å². The molecule has 0 amide bonds. The van der Waals surface area contributed by atoms with Crippen molar-refractivity contribution in [1.29, 1.82) is 0 Å². The van der Waals surface area contributed by atoms with Crippen molar-refractivity contribution >= 4 is 0 Å². The van der Waals surface area contributed by atoms with Crippen molar-refractivity contribution in [3.05, 3.63) is 42.5 Å². The van der Waals surface area contributed by atoms with Gasteiger partial charge in [0, 0.05) is 0 Å². The molecule has 0 bridgehead atoms. The van der Waals surface area contributed by atoms with Gasteiger partial charge in [-0.25, -0.2) is 0 Å². The topological polar surface area (TPSA) is 29.5 Å². The summed E-state index contributed by atoms with van der Waals surface area (Å²) in [7, 11) is 1.65. The van der Waals surface area contributed by atoms with Gasteiger partial charge in [0.1, 0.15) is 5.75 Å². The third-order valence-electron chi connectivity index (χ3n) is 2.14. The van der Waals surface area contributed by atoms with Crippen molar-refractivity contribution in [1.82, 2.24) is 0 Å². The fourth-order valence-corrected chi connectivity index (χ4v) is 1.26. The molecule has 0 aliphatic rings. The molecule has 2 heteroatoms. The Hall–Kier alpha value is -1.28. The van der Waals surface area contributed by atoms with Crippen molar-refractivity contribution in [2.75, 3.05) is 7.11 Å². The Kier molecular flexibility index (Phi) is 4.20. The van der Waals surface area contributed by atoms with Crippen molar-refractivity contribution in [2.45, 2.75) is 18.9 Å². The van der Waals surface area contributed by atoms with Crippen LogP contribution in [0.15, 0.2) is 36.9 Å². The van der Waals surface area contributed by atoms with E-state index in [-0.39, 0.29) is 0 Å². The van der Waals surface area contributed by atoms with Gasteiger partial charge in [0.15, 0.2) is 0 Å². The second-order valence-corrected chi connectivity index (χ2v) is 3.19. The zero-order valence-electron chi connectivity index (χ0n) is 8.44. The third-order valence-corrected chi connectivity index (χ3v) is 2.14. The highest BCUT2D eigenvalue weighted by atomic mass is 16.5. The Morgan fingerprint density at radius 3 is 3.00 bits per heavy atom. The fourth-order valence-electron chi connectivity index (χ4n) is 1.26. The molecule has 0 aliphatic heterocycles. The second kappa shape index (κ2) is 5.45. The summed E-state index contributed by atoms with van der Waals surface area (Å²) in [6, 6.07) is 7.87. The van der Waals surface area contributed by atoms with Crippen molar-refractivity contribution in [3.63, 3.8) is 0 Å². The normalized spacial score (nSPS) is 12.1. The zero-order valence-corrected chi connectivity index (χ0v) is 8.44. The Labute approximate surface area is 84.8 Å². The number of hydrogen-bond donors (Lipinski definition) is 1. The fraction of sp³-hybridized carbons (Fsp3) is 0.333. The molecule has 2 nitrogen and oxygen atoms in total. The van der Waals surface area contributed by atoms with Crippen LogP contribution in [0.3, 0.4) is 0 Å². The van der Waals surface area contributed by atoms with Crippen LogP contribution >= 0.6 is 0 Å². The minimum atomic E-state index is -0.416. The van der Waals surface area contributed by atoms with Gasteiger partial charge in [0.05, 0.1) is 13.2 Å². The molecule has 0 saturated heterocycles. The standard InChI is InChI=1S/C12H16O2/c1-3-11(13)8-7-10-5-4-6-12(9-10)14-2/h3-6,9,11,13H,1,7-8H2,2H3. The minimum Gasteiger partial charge on any atom is -0.497 e. The summed E-state index contributed by atoms with van der Waals surface area (Å²) in [4.78, 5) is 0. The maximum Gasteiger partial charge on any atom is 0.119 e. The molecule has 0 aromatic heterocycles. The lowest BCUT2D eigenvalue weighted by molar-refractivity contribution is 0.213. The summed E-state index contributed by atoms with van der Waals surface area (Å²) in [5, 5.41) is 9.30. The van der Waals surface area contributed by atoms with E-state index in [1.807, 2.05) is 24.3 Å². The molecular weight excluding hydrogens is 176 g/mol. The van der Waals surface area contributed by atoms with Gasteiger partial charge in [-0.15, -0.1) is 6.58 Å². The molecule has 0 fully saturated rings. The average Bonchev–Trinajstić information content (AvgIpc) is 2.26. The van der Waals surface area contributed by atoms with E-state index in [9.17, 15) is 5.11 Å². The van der Waals surface area contributed by atoms with E-state index in [0.29, 0.717) is 6.42 Å². The Morgan fingerprint density at radius 1 is 1.57 bits per heavy atom. The molecule has 1 unspecified atom stereocenters. The highest BCUT2D eigenvalue weighted by molar-refractivity contribution is 5.28. The summed E-state index contributed by atoms with van der Waals surface area (Å²) in [5.41, 5.74) is 1.17. The lowest BCUT2D eigenvalue weighted by Crippen LogP contribution is -2.03. The van der Waals surface area contributed by atoms with Crippen LogP contribution < -0.4 is 4.74 Å². The lowest BCUT2D eigenvalue weighted by atomic mass is 10.1. The minimum absolute atomic E-state index is 0.416. The van der Waals surface area contributed by atoms with Crippen LogP contribution in [-0.4, -0.2) is 18.3 Å². The van der Waals surface area contributed by atoms with Gasteiger partial charge in [-0.05, 0) is 30.5 Å². The van der Waals surface area contributed by atoms with Crippen LogP contribution in [0, 0.1) is 0 Å². The van der Waals surface area contributed by atoms with E-state index < -0.39 is 6.10 Å². The molecular formula is C12H16O2. The molecule has 1 aromatic carbocycles. The van der Waals surface area contributed by atoms with Gasteiger partial charge >= 0.3 is 0 Å². The smallest absolute Gasteiger partial charge is 0.119 e. The number of hydrogen-bond acceptors (Lipinski definition) is 2. The molecule has 0 radical (unpaired) electrons. The van der Waals surface area contributed by atoms with E-state index >= 15 is 0 Å². The highest BCUT2D eigenvalue weighted by Crippen LogP contribution is 2.14. The molecule has 0 saturated carbocycles. The van der Waals surface area contributed by atoms with Gasteiger partial charge < -0.3 is 9.84 Å². The van der Waals surface area contributed by atoms with Crippen molar-refractivity contribution < 1.29 is 9.84 Å². The molecule has 0 heterocycles. The molecule has 1 atom stereocenters. The first-order valence-corrected chi connectivity index (χ1v) is 4.70. The van der Waals surface area contributed by atoms with Gasteiger partial charge in [-0.1, -0.05) is 18.2 Å². The Morgan fingerprint density at radius 2 is 2.36 bits per heavy atom. The first-order valence-electron chi connectivity index (χ1n) is 4.70. The number of aliphatic hydroxyl groups is 1. The van der Waals surface area contributed by atoms with Gasteiger partial charge in [-0.2, -0.15) is 0 Å². The maximum absolute atomic E-state index is 9.30. The number of benzene rings is 1. The molecule has 14 heavy (non-hydrogen) atoms. The first kappa shape index (κ1) is 10.8. The van der Waals surface area contributed by atoms with Crippen LogP contribution in [0.25, 0.3) is 0 Å². The summed E-state index contributed by atoms with van der Waals surface area (Å²) in [6.07, 6.45) is 2.68. The van der Waals surface area contributed by atoms with Gasteiger partial charge in [0.25, 0.3) is 0 Å². The second-order valence-electron chi connectivity index (χ2n) is 3.19. The van der Waals surface area contributed by atoms with Gasteiger partial charge in [0.2, 0.25) is 0 Å². The number of aryl methyl sites for hydroxylation is 1. The highest BCUT2D eigenvalue weighted by Gasteiger charge is 2.00. The Balaban J connectivity index is 2.54. The number of ether oxygens (including phenoxy) is 1. The van der Waals surface area contributed by atoms with Crippen molar-refractivity contribution in [3.8, 4) is 5.75 Å². The molecule has 1 aromatic rings. The van der Waals surface area contributed by atoms with Crippen LogP contribution in [0.4, 0.5) is 0 Å². The molecule has 76 valence electrons. The molecule has 1 N–H and O–H groups in total. The predicted molar refractivity (Wildman–Crippen MR) is 57.5 cm³/mol. The van der Waals surface area contributed by atoms with Crippen LogP contribution in [0.5, 0.6) is 5.75 Å². The van der Waals surface area contributed by atoms with Crippen LogP contribution in [0.2, 0.25) is 0 Å². The van der Waals surface area contributed by atoms with Gasteiger partial charge in [-0.3, -0.25) is 0 Å². The SMILES string of the molecule is C=CC(O)CCc1cccc(OC)c1. The number of rotatable bonds is 5. The molecule has 1 rings (SSSR count). The quantitative estimate of drug-likeness (QED) is 0.724. The average molecular weight is 192 g/mol. The van der Waals surface area contributed by atoms with E-state index in [1.165, 1.54) is 5.56 Å². The summed E-state index contributed by atoms with van der Waals surface area (Å²) >= 11 is 0. The number of methoxy groups -OCH3 is 1. The van der Waals surface area contributed by atoms with Crippen LogP contribution in [0.1, 0.15) is 12.0 Å². The third kappa shape index (κ3) is 3.23. The predicted octanol–water partition coefficient (Wildman–Crippen LogP) is 2.17. The summed E-state index contributed by atoms with van der Waals surface area (Å²) in [5.74, 6) is 0.857. The zero-order chi connectivity index (χ0) is 10.4. The lowest BCUT2D eigenvalue weighted by Gasteiger charge is -2.06. The summed E-state index contributed by atoms with van der Waals surface area (Å²) in [6.45, 7) is 3.53. The maximum atomic E-state index is 9.30. The first-order chi connectivity index (χ1) is 6.76. The van der Waals surface area contributed by atoms with Crippen LogP contribution in [-0.2, 0) is 6.42 Å². The Bertz CT molecular complexity index is 294. The van der Waals surface area contributed by atoms with E-state index in [1.54, 1.807) is 13.2 Å². The largest absolute Gasteiger partial charge is 0.497 e. The monoisotopic (exact) mass is 192 g/mol.